The molecule has 3 aromatic heterocycles. The second-order valence-electron chi connectivity index (χ2n) is 4.84. The van der Waals surface area contributed by atoms with Crippen LogP contribution in [0.5, 0.6) is 0 Å². The van der Waals surface area contributed by atoms with E-state index in [1.807, 2.05) is 30.8 Å². The molecular weight excluding hydrogens is 292 g/mol. The molecule has 0 aromatic carbocycles. The number of thiazole rings is 1. The molecule has 0 aliphatic rings. The summed E-state index contributed by atoms with van der Waals surface area (Å²) in [7, 11) is 0. The quantitative estimate of drug-likeness (QED) is 0.690. The molecule has 0 saturated carbocycles. The number of fused-ring (bicyclic) bond motifs is 1. The van der Waals surface area contributed by atoms with Crippen LogP contribution in [0.25, 0.3) is 11.2 Å². The Labute approximate surface area is 126 Å². The predicted molar refractivity (Wildman–Crippen MR) is 82.4 cm³/mol. The highest BCUT2D eigenvalue weighted by Crippen LogP contribution is 2.24. The molecule has 3 heterocycles. The Morgan fingerprint density at radius 2 is 2.20 bits per heavy atom. The largest absolute Gasteiger partial charge is 0.311 e. The Morgan fingerprint density at radius 3 is 2.90 bits per heavy atom. The van der Waals surface area contributed by atoms with Crippen molar-refractivity contribution in [1.29, 1.82) is 0 Å². The summed E-state index contributed by atoms with van der Waals surface area (Å²) in [5, 5.41) is 3.13. The van der Waals surface area contributed by atoms with Crippen molar-refractivity contribution < 1.29 is 0 Å². The first-order valence-corrected chi connectivity index (χ1v) is 7.88. The van der Waals surface area contributed by atoms with Gasteiger partial charge in [0.15, 0.2) is 5.65 Å². The van der Waals surface area contributed by atoms with Crippen LogP contribution >= 0.6 is 22.9 Å². The number of imidazole rings is 1. The number of halogens is 1. The van der Waals surface area contributed by atoms with E-state index in [9.17, 15) is 0 Å². The summed E-state index contributed by atoms with van der Waals surface area (Å²) >= 11 is 7.72. The lowest BCUT2D eigenvalue weighted by atomic mass is 10.2. The predicted octanol–water partition coefficient (Wildman–Crippen LogP) is 3.74. The first-order chi connectivity index (χ1) is 9.70. The van der Waals surface area contributed by atoms with Crippen LogP contribution in [0.15, 0.2) is 23.8 Å². The van der Waals surface area contributed by atoms with Crippen LogP contribution in [0.3, 0.4) is 0 Å². The standard InChI is InChI=1S/C14H15ClN4S/c1-9-3-4-16-13-12(9)18-11(7-15)19(13)8-10(2)14-17-5-6-20-14/h3-6,10H,7-8H2,1-2H3. The zero-order chi connectivity index (χ0) is 14.1. The number of rotatable bonds is 4. The number of aromatic nitrogens is 4. The van der Waals surface area contributed by atoms with E-state index < -0.39 is 0 Å². The average molecular weight is 307 g/mol. The van der Waals surface area contributed by atoms with Crippen LogP contribution in [-0.2, 0) is 12.4 Å². The zero-order valence-electron chi connectivity index (χ0n) is 11.4. The van der Waals surface area contributed by atoms with Gasteiger partial charge in [-0.05, 0) is 18.6 Å². The molecule has 1 atom stereocenters. The lowest BCUT2D eigenvalue weighted by Crippen LogP contribution is -2.09. The molecule has 20 heavy (non-hydrogen) atoms. The lowest BCUT2D eigenvalue weighted by Gasteiger charge is -2.12. The van der Waals surface area contributed by atoms with Crippen molar-refractivity contribution >= 4 is 34.1 Å². The third-order valence-corrected chi connectivity index (χ3v) is 4.61. The fourth-order valence-corrected chi connectivity index (χ4v) is 3.20. The molecule has 0 aliphatic carbocycles. The number of hydrogen-bond acceptors (Lipinski definition) is 4. The molecule has 0 fully saturated rings. The third-order valence-electron chi connectivity index (χ3n) is 3.36. The minimum absolute atomic E-state index is 0.316. The smallest absolute Gasteiger partial charge is 0.160 e. The molecule has 0 saturated heterocycles. The summed E-state index contributed by atoms with van der Waals surface area (Å²) in [4.78, 5) is 13.5. The van der Waals surface area contributed by atoms with Gasteiger partial charge in [-0.3, -0.25) is 0 Å². The van der Waals surface area contributed by atoms with Gasteiger partial charge in [0.2, 0.25) is 0 Å². The van der Waals surface area contributed by atoms with E-state index in [4.69, 9.17) is 11.6 Å². The summed E-state index contributed by atoms with van der Waals surface area (Å²) in [6.45, 7) is 5.00. The van der Waals surface area contributed by atoms with Gasteiger partial charge < -0.3 is 4.57 Å². The van der Waals surface area contributed by atoms with E-state index >= 15 is 0 Å². The Balaban J connectivity index is 2.04. The van der Waals surface area contributed by atoms with Crippen molar-refractivity contribution in [1.82, 2.24) is 19.5 Å². The molecule has 0 bridgehead atoms. The van der Waals surface area contributed by atoms with Crippen molar-refractivity contribution in [3.63, 3.8) is 0 Å². The maximum Gasteiger partial charge on any atom is 0.160 e. The highest BCUT2D eigenvalue weighted by Gasteiger charge is 2.16. The minimum Gasteiger partial charge on any atom is -0.311 e. The highest BCUT2D eigenvalue weighted by molar-refractivity contribution is 7.09. The van der Waals surface area contributed by atoms with Crippen LogP contribution in [0.1, 0.15) is 29.2 Å². The Kier molecular flexibility index (Phi) is 3.72. The van der Waals surface area contributed by atoms with Crippen LogP contribution in [0, 0.1) is 6.92 Å². The van der Waals surface area contributed by atoms with E-state index in [2.05, 4.69) is 26.4 Å². The molecule has 1 unspecified atom stereocenters. The molecule has 0 radical (unpaired) electrons. The van der Waals surface area contributed by atoms with Gasteiger partial charge in [-0.2, -0.15) is 0 Å². The van der Waals surface area contributed by atoms with Gasteiger partial charge in [-0.1, -0.05) is 6.92 Å². The van der Waals surface area contributed by atoms with Gasteiger partial charge in [0.25, 0.3) is 0 Å². The van der Waals surface area contributed by atoms with Crippen molar-refractivity contribution in [2.24, 2.45) is 0 Å². The van der Waals surface area contributed by atoms with E-state index in [1.54, 1.807) is 11.3 Å². The summed E-state index contributed by atoms with van der Waals surface area (Å²) in [5.74, 6) is 1.57. The maximum atomic E-state index is 6.04. The molecule has 104 valence electrons. The monoisotopic (exact) mass is 306 g/mol. The van der Waals surface area contributed by atoms with Gasteiger partial charge in [0.1, 0.15) is 11.3 Å². The summed E-state index contributed by atoms with van der Waals surface area (Å²) in [6.07, 6.45) is 3.66. The Hall–Kier alpha value is -1.46. The van der Waals surface area contributed by atoms with Crippen LogP contribution in [-0.4, -0.2) is 19.5 Å². The molecule has 3 aromatic rings. The van der Waals surface area contributed by atoms with E-state index in [0.29, 0.717) is 11.8 Å². The first kappa shape index (κ1) is 13.5. The van der Waals surface area contributed by atoms with Crippen LogP contribution in [0.2, 0.25) is 0 Å². The Bertz CT molecular complexity index is 720. The van der Waals surface area contributed by atoms with Gasteiger partial charge in [0, 0.05) is 30.2 Å². The fourth-order valence-electron chi connectivity index (χ4n) is 2.31. The number of hydrogen-bond donors (Lipinski definition) is 0. The van der Waals surface area contributed by atoms with Crippen molar-refractivity contribution in [2.45, 2.75) is 32.2 Å². The average Bonchev–Trinajstić information content (AvgIpc) is 3.07. The first-order valence-electron chi connectivity index (χ1n) is 6.46. The lowest BCUT2D eigenvalue weighted by molar-refractivity contribution is 0.589. The van der Waals surface area contributed by atoms with Gasteiger partial charge in [-0.15, -0.1) is 22.9 Å². The van der Waals surface area contributed by atoms with Gasteiger partial charge in [0.05, 0.1) is 10.9 Å². The van der Waals surface area contributed by atoms with Crippen LogP contribution in [0.4, 0.5) is 0 Å². The van der Waals surface area contributed by atoms with Crippen LogP contribution < -0.4 is 0 Å². The number of aryl methyl sites for hydroxylation is 1. The molecule has 6 heteroatoms. The van der Waals surface area contributed by atoms with Crippen molar-refractivity contribution in [3.8, 4) is 0 Å². The third kappa shape index (κ3) is 2.31. The minimum atomic E-state index is 0.316. The summed E-state index contributed by atoms with van der Waals surface area (Å²) in [5.41, 5.74) is 2.97. The van der Waals surface area contributed by atoms with Gasteiger partial charge >= 0.3 is 0 Å². The number of pyridine rings is 1. The second kappa shape index (κ2) is 5.50. The molecular formula is C14H15ClN4S. The molecule has 0 spiro atoms. The van der Waals surface area contributed by atoms with Crippen molar-refractivity contribution in [2.75, 3.05) is 0 Å². The van der Waals surface area contributed by atoms with E-state index in [-0.39, 0.29) is 0 Å². The number of alkyl halides is 1. The fraction of sp³-hybridized carbons (Fsp3) is 0.357. The second-order valence-corrected chi connectivity index (χ2v) is 6.04. The molecule has 0 aliphatic heterocycles. The van der Waals surface area contributed by atoms with E-state index in [1.165, 1.54) is 0 Å². The summed E-state index contributed by atoms with van der Waals surface area (Å²) in [6, 6.07) is 1.97. The zero-order valence-corrected chi connectivity index (χ0v) is 12.9. The molecule has 3 rings (SSSR count). The molecule has 0 N–H and O–H groups in total. The SMILES string of the molecule is Cc1ccnc2c1nc(CCl)n2CC(C)c1nccs1. The highest BCUT2D eigenvalue weighted by atomic mass is 35.5. The molecule has 0 amide bonds. The maximum absolute atomic E-state index is 6.04. The number of nitrogens with zero attached hydrogens (tertiary/aromatic N) is 4. The van der Waals surface area contributed by atoms with Gasteiger partial charge in [-0.25, -0.2) is 15.0 Å². The Morgan fingerprint density at radius 1 is 1.35 bits per heavy atom. The summed E-state index contributed by atoms with van der Waals surface area (Å²) < 4.78 is 2.11. The van der Waals surface area contributed by atoms with Crippen molar-refractivity contribution in [3.05, 3.63) is 40.2 Å². The normalized spacial score (nSPS) is 12.9. The van der Waals surface area contributed by atoms with E-state index in [0.717, 1.165) is 34.1 Å². The molecule has 4 nitrogen and oxygen atoms in total. The topological polar surface area (TPSA) is 43.6 Å².